The Balaban J connectivity index is 2.12. The van der Waals surface area contributed by atoms with Crippen LogP contribution < -0.4 is 0 Å². The Labute approximate surface area is 70.6 Å². The van der Waals surface area contributed by atoms with Gasteiger partial charge in [-0.05, 0) is 0 Å². The van der Waals surface area contributed by atoms with Crippen molar-refractivity contribution >= 4 is 41.4 Å². The topological polar surface area (TPSA) is 9.23 Å². The molecule has 1 aliphatic heterocycles. The van der Waals surface area contributed by atoms with Gasteiger partial charge in [-0.2, -0.15) is 0 Å². The Morgan fingerprint density at radius 3 is 2.33 bits per heavy atom. The van der Waals surface area contributed by atoms with Crippen LogP contribution in [0.2, 0.25) is 0 Å². The molecule has 0 amide bonds. The van der Waals surface area contributed by atoms with E-state index in [9.17, 15) is 0 Å². The average Bonchev–Trinajstić information content (AvgIpc) is 1.79. The van der Waals surface area contributed by atoms with Crippen molar-refractivity contribution in [2.45, 2.75) is 0 Å². The Hall–Kier alpha value is 1.51. The van der Waals surface area contributed by atoms with Crippen molar-refractivity contribution in [3.8, 4) is 0 Å². The van der Waals surface area contributed by atoms with Gasteiger partial charge in [-0.25, -0.2) is 0 Å². The van der Waals surface area contributed by atoms with Gasteiger partial charge in [-0.3, -0.25) is 0 Å². The van der Waals surface area contributed by atoms with E-state index in [4.69, 9.17) is 14.7 Å². The SMILES string of the molecule is Cl[As]1SCCOCCS1. The quantitative estimate of drug-likeness (QED) is 0.602. The molecule has 0 saturated carbocycles. The van der Waals surface area contributed by atoms with Crippen LogP contribution in [0.3, 0.4) is 0 Å². The predicted molar refractivity (Wildman–Crippen MR) is 47.3 cm³/mol. The summed E-state index contributed by atoms with van der Waals surface area (Å²) >= 11 is -1.00. The van der Waals surface area contributed by atoms with E-state index >= 15 is 0 Å². The van der Waals surface area contributed by atoms with Crippen LogP contribution in [0.1, 0.15) is 0 Å². The molecule has 1 fully saturated rings. The fourth-order valence-electron chi connectivity index (χ4n) is 0.475. The van der Waals surface area contributed by atoms with Crippen LogP contribution >= 0.6 is 30.0 Å². The first-order valence-corrected chi connectivity index (χ1v) is 11.6. The van der Waals surface area contributed by atoms with Gasteiger partial charge in [0.2, 0.25) is 0 Å². The van der Waals surface area contributed by atoms with Crippen molar-refractivity contribution in [1.82, 2.24) is 0 Å². The molecular weight excluding hydrogens is 239 g/mol. The van der Waals surface area contributed by atoms with E-state index in [0.29, 0.717) is 0 Å². The van der Waals surface area contributed by atoms with Gasteiger partial charge < -0.3 is 0 Å². The van der Waals surface area contributed by atoms with Gasteiger partial charge in [0.25, 0.3) is 0 Å². The summed E-state index contributed by atoms with van der Waals surface area (Å²) in [6.45, 7) is 1.78. The summed E-state index contributed by atoms with van der Waals surface area (Å²) in [6, 6.07) is 0. The van der Waals surface area contributed by atoms with Crippen molar-refractivity contribution in [2.75, 3.05) is 24.7 Å². The first-order valence-electron chi connectivity index (χ1n) is 2.69. The maximum absolute atomic E-state index is 6.01. The molecule has 1 heterocycles. The Bertz CT molecular complexity index is 77.0. The molecule has 1 rings (SSSR count). The first-order chi connectivity index (χ1) is 4.39. The predicted octanol–water partition coefficient (Wildman–Crippen LogP) is 1.71. The van der Waals surface area contributed by atoms with Crippen LogP contribution in [0.25, 0.3) is 0 Å². The van der Waals surface area contributed by atoms with Gasteiger partial charge in [0.15, 0.2) is 0 Å². The summed E-state index contributed by atoms with van der Waals surface area (Å²) in [4.78, 5) is 0. The summed E-state index contributed by atoms with van der Waals surface area (Å²) in [5, 5.41) is 0. The number of hydrogen-bond donors (Lipinski definition) is 0. The van der Waals surface area contributed by atoms with E-state index < -0.39 is 11.4 Å². The zero-order valence-corrected chi connectivity index (χ0v) is 9.14. The van der Waals surface area contributed by atoms with E-state index in [-0.39, 0.29) is 0 Å². The van der Waals surface area contributed by atoms with Crippen LogP contribution in [0.15, 0.2) is 0 Å². The van der Waals surface area contributed by atoms with E-state index in [0.717, 1.165) is 24.7 Å². The molecule has 54 valence electrons. The summed E-state index contributed by atoms with van der Waals surface area (Å²) in [6.07, 6.45) is 0. The number of ether oxygens (including phenoxy) is 1. The maximum atomic E-state index is 6.01. The van der Waals surface area contributed by atoms with E-state index in [1.807, 2.05) is 20.0 Å². The van der Waals surface area contributed by atoms with Gasteiger partial charge in [0, 0.05) is 0 Å². The van der Waals surface area contributed by atoms with Crippen molar-refractivity contribution in [3.05, 3.63) is 0 Å². The van der Waals surface area contributed by atoms with E-state index in [1.165, 1.54) is 0 Å². The van der Waals surface area contributed by atoms with Gasteiger partial charge >= 0.3 is 70.9 Å². The minimum atomic E-state index is -1.00. The molecule has 0 radical (unpaired) electrons. The minimum absolute atomic E-state index is 0.892. The van der Waals surface area contributed by atoms with Gasteiger partial charge in [-0.1, -0.05) is 0 Å². The molecule has 0 aromatic heterocycles. The van der Waals surface area contributed by atoms with Crippen molar-refractivity contribution in [1.29, 1.82) is 0 Å². The fourth-order valence-corrected chi connectivity index (χ4v) is 10.1. The third-order valence-corrected chi connectivity index (χ3v) is 13.1. The monoisotopic (exact) mass is 246 g/mol. The van der Waals surface area contributed by atoms with Crippen LogP contribution in [0, 0.1) is 0 Å². The Morgan fingerprint density at radius 1 is 1.22 bits per heavy atom. The fraction of sp³-hybridized carbons (Fsp3) is 1.00. The molecule has 0 N–H and O–H groups in total. The molecule has 0 atom stereocenters. The van der Waals surface area contributed by atoms with Crippen LogP contribution in [-0.4, -0.2) is 36.1 Å². The molecule has 5 heteroatoms. The average molecular weight is 247 g/mol. The first kappa shape index (κ1) is 8.60. The molecule has 0 aliphatic carbocycles. The summed E-state index contributed by atoms with van der Waals surface area (Å²) in [7, 11) is 9.81. The molecular formula is C4H8AsClOS2. The zero-order valence-electron chi connectivity index (χ0n) is 4.88. The standard InChI is InChI=1S/C4H8AsClOS2/c6-5-8-3-1-7-2-4-9-5/h1-4H2. The second kappa shape index (κ2) is 5.20. The number of rotatable bonds is 0. The van der Waals surface area contributed by atoms with Crippen LogP contribution in [0.5, 0.6) is 0 Å². The van der Waals surface area contributed by atoms with E-state index in [1.54, 1.807) is 0 Å². The normalized spacial score (nSPS) is 25.0. The summed E-state index contributed by atoms with van der Waals surface area (Å²) < 4.78 is 5.25. The van der Waals surface area contributed by atoms with Crippen molar-refractivity contribution in [3.63, 3.8) is 0 Å². The van der Waals surface area contributed by atoms with Crippen molar-refractivity contribution in [2.24, 2.45) is 0 Å². The molecule has 0 aromatic carbocycles. The molecule has 0 bridgehead atoms. The van der Waals surface area contributed by atoms with Crippen LogP contribution in [0.4, 0.5) is 0 Å². The molecule has 1 nitrogen and oxygen atoms in total. The van der Waals surface area contributed by atoms with E-state index in [2.05, 4.69) is 0 Å². The third kappa shape index (κ3) is 4.05. The molecule has 0 aromatic rings. The molecule has 0 spiro atoms. The second-order valence-corrected chi connectivity index (χ2v) is 15.8. The van der Waals surface area contributed by atoms with Crippen LogP contribution in [-0.2, 0) is 4.74 Å². The van der Waals surface area contributed by atoms with Crippen molar-refractivity contribution < 1.29 is 4.74 Å². The van der Waals surface area contributed by atoms with Gasteiger partial charge in [-0.15, -0.1) is 0 Å². The van der Waals surface area contributed by atoms with Gasteiger partial charge in [0.05, 0.1) is 0 Å². The second-order valence-electron chi connectivity index (χ2n) is 1.49. The molecule has 0 unspecified atom stereocenters. The third-order valence-electron chi connectivity index (χ3n) is 0.841. The number of hydrogen-bond acceptors (Lipinski definition) is 3. The Morgan fingerprint density at radius 2 is 1.78 bits per heavy atom. The zero-order chi connectivity index (χ0) is 6.53. The molecule has 1 aliphatic rings. The molecule has 1 saturated heterocycles. The Kier molecular flexibility index (Phi) is 4.97. The van der Waals surface area contributed by atoms with Gasteiger partial charge in [0.1, 0.15) is 0 Å². The summed E-state index contributed by atoms with van der Waals surface area (Å²) in [5.41, 5.74) is 0. The summed E-state index contributed by atoms with van der Waals surface area (Å²) in [5.74, 6) is 2.19. The number of halogens is 1. The molecule has 9 heavy (non-hydrogen) atoms.